The molecule has 0 N–H and O–H groups in total. The molecule has 94 valence electrons. The van der Waals surface area contributed by atoms with E-state index in [0.29, 0.717) is 11.1 Å². The second kappa shape index (κ2) is 5.30. The van der Waals surface area contributed by atoms with Crippen molar-refractivity contribution in [1.82, 2.24) is 0 Å². The van der Waals surface area contributed by atoms with Gasteiger partial charge in [-0.1, -0.05) is 38.1 Å². The summed E-state index contributed by atoms with van der Waals surface area (Å²) in [7, 11) is 0. The van der Waals surface area contributed by atoms with Crippen LogP contribution in [0.15, 0.2) is 36.4 Å². The Morgan fingerprint density at radius 3 is 1.39 bits per heavy atom. The Balaban J connectivity index is 2.48. The number of hydrogen-bond donors (Lipinski definition) is 0. The van der Waals surface area contributed by atoms with E-state index in [9.17, 15) is 8.78 Å². The van der Waals surface area contributed by atoms with E-state index in [1.807, 2.05) is 26.0 Å². The van der Waals surface area contributed by atoms with Crippen LogP contribution in [0.2, 0.25) is 0 Å². The Morgan fingerprint density at radius 2 is 1.11 bits per heavy atom. The first kappa shape index (κ1) is 12.7. The summed E-state index contributed by atoms with van der Waals surface area (Å²) in [6, 6.07) is 9.93. The van der Waals surface area contributed by atoms with Gasteiger partial charge in [-0.3, -0.25) is 0 Å². The molecule has 0 unspecified atom stereocenters. The minimum Gasteiger partial charge on any atom is -0.206 e. The molecule has 18 heavy (non-hydrogen) atoms. The Bertz CT molecular complexity index is 508. The van der Waals surface area contributed by atoms with E-state index in [0.717, 1.165) is 24.0 Å². The molecule has 0 atom stereocenters. The summed E-state index contributed by atoms with van der Waals surface area (Å²) >= 11 is 0. The molecule has 0 bridgehead atoms. The van der Waals surface area contributed by atoms with E-state index in [2.05, 4.69) is 0 Å². The van der Waals surface area contributed by atoms with Crippen molar-refractivity contribution < 1.29 is 8.78 Å². The van der Waals surface area contributed by atoms with Crippen molar-refractivity contribution in [3.8, 4) is 11.1 Å². The first-order valence-electron chi connectivity index (χ1n) is 6.23. The lowest BCUT2D eigenvalue weighted by molar-refractivity contribution is 0.614. The summed E-state index contributed by atoms with van der Waals surface area (Å²) in [4.78, 5) is 0. The minimum absolute atomic E-state index is 0.326. The Kier molecular flexibility index (Phi) is 3.75. The zero-order valence-corrected chi connectivity index (χ0v) is 10.6. The van der Waals surface area contributed by atoms with Gasteiger partial charge < -0.3 is 0 Å². The third-order valence-corrected chi connectivity index (χ3v) is 3.17. The molecule has 0 aliphatic carbocycles. The SMILES string of the molecule is CCc1ccc(-c2ccc(CC)cc2F)c(F)c1. The number of benzene rings is 2. The summed E-state index contributed by atoms with van der Waals surface area (Å²) < 4.78 is 27.8. The summed E-state index contributed by atoms with van der Waals surface area (Å²) in [5.74, 6) is -0.727. The molecule has 2 rings (SSSR count). The van der Waals surface area contributed by atoms with Crippen LogP contribution in [0.25, 0.3) is 11.1 Å². The van der Waals surface area contributed by atoms with E-state index in [1.165, 1.54) is 12.1 Å². The second-order valence-corrected chi connectivity index (χ2v) is 4.34. The fraction of sp³-hybridized carbons (Fsp3) is 0.250. The van der Waals surface area contributed by atoms with Crippen LogP contribution in [0.1, 0.15) is 25.0 Å². The van der Waals surface area contributed by atoms with Gasteiger partial charge in [-0.2, -0.15) is 0 Å². The first-order chi connectivity index (χ1) is 8.65. The maximum absolute atomic E-state index is 13.9. The molecule has 0 aliphatic heterocycles. The number of hydrogen-bond acceptors (Lipinski definition) is 0. The summed E-state index contributed by atoms with van der Waals surface area (Å²) in [5.41, 5.74) is 2.49. The Hall–Kier alpha value is -1.70. The van der Waals surface area contributed by atoms with Crippen LogP contribution in [-0.2, 0) is 12.8 Å². The maximum atomic E-state index is 13.9. The van der Waals surface area contributed by atoms with Crippen molar-refractivity contribution in [3.63, 3.8) is 0 Å². The second-order valence-electron chi connectivity index (χ2n) is 4.34. The molecular formula is C16H16F2. The highest BCUT2D eigenvalue weighted by molar-refractivity contribution is 5.65. The Labute approximate surface area is 106 Å². The van der Waals surface area contributed by atoms with E-state index in [-0.39, 0.29) is 11.6 Å². The van der Waals surface area contributed by atoms with E-state index in [1.54, 1.807) is 12.1 Å². The number of halogens is 2. The molecule has 0 radical (unpaired) electrons. The van der Waals surface area contributed by atoms with Crippen LogP contribution in [0, 0.1) is 11.6 Å². The average Bonchev–Trinajstić information content (AvgIpc) is 2.39. The van der Waals surface area contributed by atoms with Gasteiger partial charge in [-0.05, 0) is 36.1 Å². The predicted molar refractivity (Wildman–Crippen MR) is 70.6 cm³/mol. The highest BCUT2D eigenvalue weighted by Crippen LogP contribution is 2.27. The first-order valence-corrected chi connectivity index (χ1v) is 6.23. The lowest BCUT2D eigenvalue weighted by Gasteiger charge is -2.08. The molecule has 0 nitrogen and oxygen atoms in total. The van der Waals surface area contributed by atoms with Crippen LogP contribution >= 0.6 is 0 Å². The lowest BCUT2D eigenvalue weighted by atomic mass is 10.00. The van der Waals surface area contributed by atoms with E-state index < -0.39 is 0 Å². The van der Waals surface area contributed by atoms with Crippen molar-refractivity contribution in [2.75, 3.05) is 0 Å². The third-order valence-electron chi connectivity index (χ3n) is 3.17. The van der Waals surface area contributed by atoms with Crippen molar-refractivity contribution >= 4 is 0 Å². The van der Waals surface area contributed by atoms with Crippen LogP contribution < -0.4 is 0 Å². The van der Waals surface area contributed by atoms with E-state index in [4.69, 9.17) is 0 Å². The standard InChI is InChI=1S/C16H16F2/c1-3-11-5-7-13(15(17)9-11)14-8-6-12(4-2)10-16(14)18/h5-10H,3-4H2,1-2H3. The smallest absolute Gasteiger partial charge is 0.131 e. The number of aryl methyl sites for hydroxylation is 2. The highest BCUT2D eigenvalue weighted by Gasteiger charge is 2.10. The molecule has 2 aromatic carbocycles. The largest absolute Gasteiger partial charge is 0.206 e. The molecular weight excluding hydrogens is 230 g/mol. The summed E-state index contributed by atoms with van der Waals surface area (Å²) in [6.07, 6.45) is 1.54. The molecule has 0 saturated heterocycles. The quantitative estimate of drug-likeness (QED) is 0.732. The highest BCUT2D eigenvalue weighted by atomic mass is 19.1. The summed E-state index contributed by atoms with van der Waals surface area (Å²) in [6.45, 7) is 3.93. The van der Waals surface area contributed by atoms with E-state index >= 15 is 0 Å². The lowest BCUT2D eigenvalue weighted by Crippen LogP contribution is -1.92. The molecule has 0 fully saturated rings. The monoisotopic (exact) mass is 246 g/mol. The van der Waals surface area contributed by atoms with Crippen LogP contribution in [0.3, 0.4) is 0 Å². The maximum Gasteiger partial charge on any atom is 0.131 e. The molecule has 0 amide bonds. The van der Waals surface area contributed by atoms with Crippen LogP contribution in [0.4, 0.5) is 8.78 Å². The van der Waals surface area contributed by atoms with Gasteiger partial charge in [0.25, 0.3) is 0 Å². The zero-order chi connectivity index (χ0) is 13.1. The van der Waals surface area contributed by atoms with Gasteiger partial charge in [-0.15, -0.1) is 0 Å². The van der Waals surface area contributed by atoms with Crippen molar-refractivity contribution in [2.24, 2.45) is 0 Å². The summed E-state index contributed by atoms with van der Waals surface area (Å²) in [5, 5.41) is 0. The fourth-order valence-corrected chi connectivity index (χ4v) is 1.99. The molecule has 0 aliphatic rings. The Morgan fingerprint density at radius 1 is 0.722 bits per heavy atom. The normalized spacial score (nSPS) is 10.7. The minimum atomic E-state index is -0.363. The third kappa shape index (κ3) is 2.42. The molecule has 0 spiro atoms. The van der Waals surface area contributed by atoms with Gasteiger partial charge in [0.1, 0.15) is 11.6 Å². The van der Waals surface area contributed by atoms with Gasteiger partial charge in [0.05, 0.1) is 0 Å². The fourth-order valence-electron chi connectivity index (χ4n) is 1.99. The van der Waals surface area contributed by atoms with Gasteiger partial charge in [-0.25, -0.2) is 8.78 Å². The average molecular weight is 246 g/mol. The van der Waals surface area contributed by atoms with Crippen molar-refractivity contribution in [3.05, 3.63) is 59.2 Å². The van der Waals surface area contributed by atoms with Gasteiger partial charge in [0.15, 0.2) is 0 Å². The van der Waals surface area contributed by atoms with Crippen LogP contribution in [0.5, 0.6) is 0 Å². The molecule has 0 heterocycles. The van der Waals surface area contributed by atoms with Gasteiger partial charge >= 0.3 is 0 Å². The number of rotatable bonds is 3. The molecule has 2 heteroatoms. The molecule has 2 aromatic rings. The topological polar surface area (TPSA) is 0 Å². The zero-order valence-electron chi connectivity index (χ0n) is 10.6. The van der Waals surface area contributed by atoms with Crippen LogP contribution in [-0.4, -0.2) is 0 Å². The van der Waals surface area contributed by atoms with Crippen molar-refractivity contribution in [2.45, 2.75) is 26.7 Å². The van der Waals surface area contributed by atoms with Gasteiger partial charge in [0, 0.05) is 11.1 Å². The van der Waals surface area contributed by atoms with Crippen molar-refractivity contribution in [1.29, 1.82) is 0 Å². The predicted octanol–water partition coefficient (Wildman–Crippen LogP) is 4.76. The van der Waals surface area contributed by atoms with Gasteiger partial charge in [0.2, 0.25) is 0 Å². The molecule has 0 aromatic heterocycles. The molecule has 0 saturated carbocycles.